The number of methoxy groups -OCH3 is 1. The highest BCUT2D eigenvalue weighted by Crippen LogP contribution is 2.30. The minimum Gasteiger partial charge on any atom is -0.497 e. The highest BCUT2D eigenvalue weighted by Gasteiger charge is 2.28. The number of hydrogen-bond acceptors (Lipinski definition) is 3. The first kappa shape index (κ1) is 13.8. The van der Waals surface area contributed by atoms with E-state index in [1.165, 1.54) is 4.31 Å². The lowest BCUT2D eigenvalue weighted by Crippen LogP contribution is -2.34. The van der Waals surface area contributed by atoms with Crippen molar-refractivity contribution in [3.8, 4) is 5.75 Å². The lowest BCUT2D eigenvalue weighted by atomic mass is 10.2. The molecule has 2 aromatic rings. The van der Waals surface area contributed by atoms with Crippen LogP contribution < -0.4 is 13.8 Å². The zero-order chi connectivity index (χ0) is 14.9. The molecule has 3 rings (SSSR count). The van der Waals surface area contributed by atoms with Gasteiger partial charge >= 0.3 is 10.2 Å². The van der Waals surface area contributed by atoms with E-state index in [2.05, 4.69) is 4.72 Å². The minimum atomic E-state index is -3.62. The van der Waals surface area contributed by atoms with Crippen LogP contribution in [-0.4, -0.2) is 22.1 Å². The fourth-order valence-electron chi connectivity index (χ4n) is 2.45. The van der Waals surface area contributed by atoms with Crippen LogP contribution in [0.2, 0.25) is 0 Å². The van der Waals surface area contributed by atoms with E-state index in [9.17, 15) is 8.42 Å². The van der Waals surface area contributed by atoms with E-state index < -0.39 is 10.2 Å². The molecule has 110 valence electrons. The van der Waals surface area contributed by atoms with Gasteiger partial charge in [-0.25, -0.2) is 0 Å². The van der Waals surface area contributed by atoms with Gasteiger partial charge in [0.15, 0.2) is 0 Å². The van der Waals surface area contributed by atoms with Gasteiger partial charge in [-0.1, -0.05) is 24.3 Å². The lowest BCUT2D eigenvalue weighted by molar-refractivity contribution is 0.415. The molecule has 1 N–H and O–H groups in total. The van der Waals surface area contributed by atoms with Gasteiger partial charge in [0, 0.05) is 12.6 Å². The summed E-state index contributed by atoms with van der Waals surface area (Å²) in [5.41, 5.74) is 2.28. The summed E-state index contributed by atoms with van der Waals surface area (Å²) in [5, 5.41) is 0. The predicted octanol–water partition coefficient (Wildman–Crippen LogP) is 2.41. The number of fused-ring (bicyclic) bond motifs is 1. The smallest absolute Gasteiger partial charge is 0.323 e. The molecule has 1 aliphatic rings. The second-order valence-electron chi connectivity index (χ2n) is 4.79. The molecule has 0 spiro atoms. The molecule has 2 aromatic carbocycles. The van der Waals surface area contributed by atoms with Crippen molar-refractivity contribution in [2.75, 3.05) is 22.7 Å². The third kappa shape index (κ3) is 2.67. The van der Waals surface area contributed by atoms with Crippen LogP contribution in [0.1, 0.15) is 5.56 Å². The largest absolute Gasteiger partial charge is 0.497 e. The third-order valence-electron chi connectivity index (χ3n) is 3.45. The summed E-state index contributed by atoms with van der Waals surface area (Å²) < 4.78 is 34.2. The summed E-state index contributed by atoms with van der Waals surface area (Å²) in [5.74, 6) is 0.608. The van der Waals surface area contributed by atoms with E-state index in [4.69, 9.17) is 4.74 Å². The topological polar surface area (TPSA) is 58.6 Å². The van der Waals surface area contributed by atoms with Crippen LogP contribution in [-0.2, 0) is 16.6 Å². The number of hydrogen-bond donors (Lipinski definition) is 1. The SMILES string of the molecule is COc1cccc(NS(=O)(=O)N2CCc3ccccc32)c1. The van der Waals surface area contributed by atoms with Gasteiger partial charge in [0.1, 0.15) is 5.75 Å². The van der Waals surface area contributed by atoms with Crippen LogP contribution in [0.4, 0.5) is 11.4 Å². The number of nitrogens with zero attached hydrogens (tertiary/aromatic N) is 1. The Morgan fingerprint density at radius 2 is 1.95 bits per heavy atom. The molecule has 0 saturated carbocycles. The molecule has 0 unspecified atom stereocenters. The lowest BCUT2D eigenvalue weighted by Gasteiger charge is -2.20. The first-order valence-electron chi connectivity index (χ1n) is 6.62. The summed E-state index contributed by atoms with van der Waals surface area (Å²) in [4.78, 5) is 0. The maximum Gasteiger partial charge on any atom is 0.323 e. The predicted molar refractivity (Wildman–Crippen MR) is 83.0 cm³/mol. The van der Waals surface area contributed by atoms with Crippen LogP contribution in [0.3, 0.4) is 0 Å². The van der Waals surface area contributed by atoms with Crippen molar-refractivity contribution in [2.45, 2.75) is 6.42 Å². The van der Waals surface area contributed by atoms with Gasteiger partial charge in [-0.3, -0.25) is 9.03 Å². The quantitative estimate of drug-likeness (QED) is 0.943. The fraction of sp³-hybridized carbons (Fsp3) is 0.200. The molecule has 0 amide bonds. The highest BCUT2D eigenvalue weighted by molar-refractivity contribution is 7.94. The van der Waals surface area contributed by atoms with Gasteiger partial charge in [-0.05, 0) is 30.2 Å². The fourth-order valence-corrected chi connectivity index (χ4v) is 3.75. The summed E-state index contributed by atoms with van der Waals surface area (Å²) in [6.45, 7) is 0.457. The molecule has 0 fully saturated rings. The Morgan fingerprint density at radius 1 is 1.14 bits per heavy atom. The molecule has 21 heavy (non-hydrogen) atoms. The molecular weight excluding hydrogens is 288 g/mol. The van der Waals surface area contributed by atoms with E-state index >= 15 is 0 Å². The molecule has 0 aromatic heterocycles. The van der Waals surface area contributed by atoms with E-state index in [0.29, 0.717) is 18.0 Å². The number of nitrogens with one attached hydrogen (secondary N) is 1. The summed E-state index contributed by atoms with van der Waals surface area (Å²) in [6, 6.07) is 14.4. The Bertz CT molecular complexity index is 759. The molecule has 5 nitrogen and oxygen atoms in total. The maximum atomic E-state index is 12.5. The molecule has 0 saturated heterocycles. The number of ether oxygens (including phenoxy) is 1. The van der Waals surface area contributed by atoms with Gasteiger partial charge in [-0.15, -0.1) is 0 Å². The second-order valence-corrected chi connectivity index (χ2v) is 6.38. The van der Waals surface area contributed by atoms with E-state index in [1.54, 1.807) is 31.4 Å². The van der Waals surface area contributed by atoms with Crippen molar-refractivity contribution >= 4 is 21.6 Å². The first-order chi connectivity index (χ1) is 10.1. The number of rotatable bonds is 4. The number of anilines is 2. The number of para-hydroxylation sites is 1. The van der Waals surface area contributed by atoms with Crippen molar-refractivity contribution in [3.63, 3.8) is 0 Å². The van der Waals surface area contributed by atoms with Gasteiger partial charge in [0.2, 0.25) is 0 Å². The highest BCUT2D eigenvalue weighted by atomic mass is 32.2. The Morgan fingerprint density at radius 3 is 2.76 bits per heavy atom. The van der Waals surface area contributed by atoms with E-state index in [-0.39, 0.29) is 0 Å². The van der Waals surface area contributed by atoms with Crippen molar-refractivity contribution in [2.24, 2.45) is 0 Å². The number of benzene rings is 2. The van der Waals surface area contributed by atoms with Crippen molar-refractivity contribution in [1.29, 1.82) is 0 Å². The van der Waals surface area contributed by atoms with Gasteiger partial charge in [-0.2, -0.15) is 8.42 Å². The Labute approximate surface area is 124 Å². The Kier molecular flexibility index (Phi) is 3.47. The van der Waals surface area contributed by atoms with Crippen LogP contribution >= 0.6 is 0 Å². The average molecular weight is 304 g/mol. The molecule has 1 aliphatic heterocycles. The van der Waals surface area contributed by atoms with E-state index in [1.807, 2.05) is 24.3 Å². The normalized spacial score (nSPS) is 13.9. The minimum absolute atomic E-state index is 0.457. The molecule has 0 bridgehead atoms. The van der Waals surface area contributed by atoms with Crippen molar-refractivity contribution in [3.05, 3.63) is 54.1 Å². The maximum absolute atomic E-state index is 12.5. The molecule has 0 aliphatic carbocycles. The molecular formula is C15H16N2O3S. The zero-order valence-corrected chi connectivity index (χ0v) is 12.4. The first-order valence-corrected chi connectivity index (χ1v) is 8.06. The molecule has 0 atom stereocenters. The van der Waals surface area contributed by atoms with Gasteiger partial charge < -0.3 is 4.74 Å². The second kappa shape index (κ2) is 5.29. The molecule has 1 heterocycles. The van der Waals surface area contributed by atoms with Crippen LogP contribution in [0.15, 0.2) is 48.5 Å². The van der Waals surface area contributed by atoms with Crippen LogP contribution in [0.25, 0.3) is 0 Å². The zero-order valence-electron chi connectivity index (χ0n) is 11.6. The van der Waals surface area contributed by atoms with Crippen LogP contribution in [0.5, 0.6) is 5.75 Å². The Balaban J connectivity index is 1.88. The standard InChI is InChI=1S/C15H16N2O3S/c1-20-14-7-4-6-13(11-14)16-21(18,19)17-10-9-12-5-2-3-8-15(12)17/h2-8,11,16H,9-10H2,1H3. The molecule has 0 radical (unpaired) electrons. The summed E-state index contributed by atoms with van der Waals surface area (Å²) in [7, 11) is -2.08. The monoisotopic (exact) mass is 304 g/mol. The third-order valence-corrected chi connectivity index (χ3v) is 4.90. The summed E-state index contributed by atoms with van der Waals surface area (Å²) >= 11 is 0. The Hall–Kier alpha value is -2.21. The summed E-state index contributed by atoms with van der Waals surface area (Å²) in [6.07, 6.45) is 0.731. The average Bonchev–Trinajstić information content (AvgIpc) is 2.92. The van der Waals surface area contributed by atoms with E-state index in [0.717, 1.165) is 17.7 Å². The van der Waals surface area contributed by atoms with Crippen molar-refractivity contribution in [1.82, 2.24) is 0 Å². The molecule has 6 heteroatoms. The van der Waals surface area contributed by atoms with Crippen molar-refractivity contribution < 1.29 is 13.2 Å². The van der Waals surface area contributed by atoms with Crippen LogP contribution in [0, 0.1) is 0 Å². The van der Waals surface area contributed by atoms with Gasteiger partial charge in [0.25, 0.3) is 0 Å². The van der Waals surface area contributed by atoms with Gasteiger partial charge in [0.05, 0.1) is 18.5 Å².